The fourth-order valence-electron chi connectivity index (χ4n) is 3.59. The van der Waals surface area contributed by atoms with Gasteiger partial charge in [-0.05, 0) is 43.8 Å². The zero-order valence-corrected chi connectivity index (χ0v) is 13.2. The maximum atomic E-state index is 11.3. The van der Waals surface area contributed by atoms with E-state index in [-0.39, 0.29) is 0 Å². The van der Waals surface area contributed by atoms with Crippen LogP contribution >= 0.6 is 0 Å². The van der Waals surface area contributed by atoms with Crippen LogP contribution in [0.3, 0.4) is 0 Å². The van der Waals surface area contributed by atoms with Gasteiger partial charge in [0, 0.05) is 12.5 Å². The number of hydrogen-bond donors (Lipinski definition) is 1. The van der Waals surface area contributed by atoms with Crippen LogP contribution in [0, 0.1) is 11.8 Å². The van der Waals surface area contributed by atoms with Crippen molar-refractivity contribution in [2.45, 2.75) is 45.6 Å². The Balaban J connectivity index is 2.23. The molecule has 1 aromatic rings. The molecular weight excluding hydrogens is 246 g/mol. The number of nitrogens with zero attached hydrogens (tertiary/aromatic N) is 1. The Kier molecular flexibility index (Phi) is 5.22. The van der Waals surface area contributed by atoms with Crippen LogP contribution in [0.1, 0.15) is 45.6 Å². The molecule has 0 bridgehead atoms. The van der Waals surface area contributed by atoms with Crippen molar-refractivity contribution in [1.29, 1.82) is 0 Å². The number of rotatable bonds is 5. The maximum Gasteiger partial charge on any atom is 0.0936 e. The fourth-order valence-corrected chi connectivity index (χ4v) is 3.59. The molecule has 2 rings (SSSR count). The molecule has 0 aliphatic heterocycles. The lowest BCUT2D eigenvalue weighted by molar-refractivity contribution is -0.0761. The van der Waals surface area contributed by atoms with E-state index in [0.29, 0.717) is 5.92 Å². The standard InChI is InChI=1S/C18H29NO/c1-4-19(5-2)14-17-13-15(3)11-12-18(17,20)16-9-7-6-8-10-16/h6-10,15,17,20H,4-5,11-14H2,1-3H3. The van der Waals surface area contributed by atoms with Crippen molar-refractivity contribution in [1.82, 2.24) is 4.90 Å². The van der Waals surface area contributed by atoms with Crippen molar-refractivity contribution in [3.8, 4) is 0 Å². The average Bonchev–Trinajstić information content (AvgIpc) is 2.49. The van der Waals surface area contributed by atoms with E-state index >= 15 is 0 Å². The molecule has 20 heavy (non-hydrogen) atoms. The highest BCUT2D eigenvalue weighted by atomic mass is 16.3. The average molecular weight is 275 g/mol. The van der Waals surface area contributed by atoms with E-state index in [1.54, 1.807) is 0 Å². The summed E-state index contributed by atoms with van der Waals surface area (Å²) in [6, 6.07) is 10.3. The summed E-state index contributed by atoms with van der Waals surface area (Å²) in [4.78, 5) is 2.44. The molecule has 2 heteroatoms. The molecule has 1 aliphatic rings. The quantitative estimate of drug-likeness (QED) is 0.886. The molecule has 0 aromatic heterocycles. The van der Waals surface area contributed by atoms with Gasteiger partial charge in [0.15, 0.2) is 0 Å². The Hall–Kier alpha value is -0.860. The molecule has 112 valence electrons. The van der Waals surface area contributed by atoms with Gasteiger partial charge >= 0.3 is 0 Å². The van der Waals surface area contributed by atoms with E-state index in [1.807, 2.05) is 18.2 Å². The van der Waals surface area contributed by atoms with Crippen molar-refractivity contribution < 1.29 is 5.11 Å². The van der Waals surface area contributed by atoms with Crippen LogP contribution in [0.25, 0.3) is 0 Å². The summed E-state index contributed by atoms with van der Waals surface area (Å²) in [6.45, 7) is 9.86. The van der Waals surface area contributed by atoms with Crippen molar-refractivity contribution in [2.24, 2.45) is 11.8 Å². The Morgan fingerprint density at radius 2 is 1.85 bits per heavy atom. The van der Waals surface area contributed by atoms with E-state index in [9.17, 15) is 5.11 Å². The zero-order valence-electron chi connectivity index (χ0n) is 13.2. The first-order chi connectivity index (χ1) is 9.60. The topological polar surface area (TPSA) is 23.5 Å². The van der Waals surface area contributed by atoms with Gasteiger partial charge < -0.3 is 10.0 Å². The third kappa shape index (κ3) is 3.24. The molecule has 1 aromatic carbocycles. The third-order valence-electron chi connectivity index (χ3n) is 5.03. The van der Waals surface area contributed by atoms with Crippen molar-refractivity contribution in [3.63, 3.8) is 0 Å². The monoisotopic (exact) mass is 275 g/mol. The van der Waals surface area contributed by atoms with E-state index in [4.69, 9.17) is 0 Å². The molecule has 1 saturated carbocycles. The molecule has 1 fully saturated rings. The van der Waals surface area contributed by atoms with Crippen LogP contribution in [0.5, 0.6) is 0 Å². The molecule has 1 aliphatic carbocycles. The van der Waals surface area contributed by atoms with Crippen molar-refractivity contribution in [2.75, 3.05) is 19.6 Å². The van der Waals surface area contributed by atoms with Gasteiger partial charge in [-0.25, -0.2) is 0 Å². The molecular formula is C18H29NO. The van der Waals surface area contributed by atoms with Gasteiger partial charge in [0.2, 0.25) is 0 Å². The van der Waals surface area contributed by atoms with E-state index in [2.05, 4.69) is 37.8 Å². The van der Waals surface area contributed by atoms with Gasteiger partial charge in [0.05, 0.1) is 5.60 Å². The van der Waals surface area contributed by atoms with Gasteiger partial charge in [-0.3, -0.25) is 0 Å². The molecule has 1 N–H and O–H groups in total. The first kappa shape index (κ1) is 15.5. The van der Waals surface area contributed by atoms with E-state index in [0.717, 1.165) is 50.4 Å². The number of aliphatic hydroxyl groups is 1. The van der Waals surface area contributed by atoms with Crippen molar-refractivity contribution in [3.05, 3.63) is 35.9 Å². The van der Waals surface area contributed by atoms with Crippen molar-refractivity contribution >= 4 is 0 Å². The van der Waals surface area contributed by atoms with Crippen LogP contribution in [-0.4, -0.2) is 29.6 Å². The lowest BCUT2D eigenvalue weighted by Gasteiger charge is -2.44. The molecule has 0 amide bonds. The second-order valence-electron chi connectivity index (χ2n) is 6.35. The minimum absolute atomic E-state index is 0.341. The highest BCUT2D eigenvalue weighted by Gasteiger charge is 2.42. The lowest BCUT2D eigenvalue weighted by Crippen LogP contribution is -2.46. The molecule has 0 saturated heterocycles. The van der Waals surface area contributed by atoms with E-state index in [1.165, 1.54) is 0 Å². The molecule has 3 unspecified atom stereocenters. The minimum atomic E-state index is -0.642. The highest BCUT2D eigenvalue weighted by molar-refractivity contribution is 5.24. The van der Waals surface area contributed by atoms with Gasteiger partial charge in [-0.15, -0.1) is 0 Å². The zero-order chi connectivity index (χ0) is 14.6. The van der Waals surface area contributed by atoms with Gasteiger partial charge in [0.1, 0.15) is 0 Å². The van der Waals surface area contributed by atoms with Gasteiger partial charge in [-0.1, -0.05) is 51.1 Å². The van der Waals surface area contributed by atoms with Crippen LogP contribution < -0.4 is 0 Å². The summed E-state index contributed by atoms with van der Waals surface area (Å²) in [5, 5.41) is 11.3. The fraction of sp³-hybridized carbons (Fsp3) is 0.667. The second kappa shape index (κ2) is 6.73. The summed E-state index contributed by atoms with van der Waals surface area (Å²) < 4.78 is 0. The molecule has 3 atom stereocenters. The lowest BCUT2D eigenvalue weighted by atomic mass is 9.68. The first-order valence-corrected chi connectivity index (χ1v) is 8.10. The third-order valence-corrected chi connectivity index (χ3v) is 5.03. The largest absolute Gasteiger partial charge is 0.385 e. The SMILES string of the molecule is CCN(CC)CC1CC(C)CCC1(O)c1ccccc1. The van der Waals surface area contributed by atoms with Crippen LogP contribution in [0.4, 0.5) is 0 Å². The smallest absolute Gasteiger partial charge is 0.0936 e. The highest BCUT2D eigenvalue weighted by Crippen LogP contribution is 2.44. The summed E-state index contributed by atoms with van der Waals surface area (Å²) >= 11 is 0. The second-order valence-corrected chi connectivity index (χ2v) is 6.35. The predicted octanol–water partition coefficient (Wildman–Crippen LogP) is 3.65. The Morgan fingerprint density at radius 1 is 1.20 bits per heavy atom. The Bertz CT molecular complexity index is 401. The van der Waals surface area contributed by atoms with Crippen LogP contribution in [0.2, 0.25) is 0 Å². The van der Waals surface area contributed by atoms with Crippen LogP contribution in [-0.2, 0) is 5.60 Å². The molecule has 0 radical (unpaired) electrons. The number of benzene rings is 1. The summed E-state index contributed by atoms with van der Waals surface area (Å²) in [5.41, 5.74) is 0.458. The normalized spacial score (nSPS) is 30.6. The van der Waals surface area contributed by atoms with Gasteiger partial charge in [-0.2, -0.15) is 0 Å². The first-order valence-electron chi connectivity index (χ1n) is 8.10. The summed E-state index contributed by atoms with van der Waals surface area (Å²) in [5.74, 6) is 1.06. The van der Waals surface area contributed by atoms with Crippen LogP contribution in [0.15, 0.2) is 30.3 Å². The minimum Gasteiger partial charge on any atom is -0.385 e. The van der Waals surface area contributed by atoms with E-state index < -0.39 is 5.60 Å². The molecule has 0 heterocycles. The maximum absolute atomic E-state index is 11.3. The van der Waals surface area contributed by atoms with Gasteiger partial charge in [0.25, 0.3) is 0 Å². The Labute approximate surface area is 123 Å². The number of hydrogen-bond acceptors (Lipinski definition) is 2. The molecule has 0 spiro atoms. The summed E-state index contributed by atoms with van der Waals surface area (Å²) in [7, 11) is 0. The summed E-state index contributed by atoms with van der Waals surface area (Å²) in [6.07, 6.45) is 3.14. The molecule has 2 nitrogen and oxygen atoms in total. The predicted molar refractivity (Wildman–Crippen MR) is 84.6 cm³/mol. The Morgan fingerprint density at radius 3 is 2.45 bits per heavy atom.